The van der Waals surface area contributed by atoms with Crippen molar-refractivity contribution in [3.8, 4) is 0 Å². The molecule has 0 radical (unpaired) electrons. The van der Waals surface area contributed by atoms with Gasteiger partial charge in [0.05, 0.1) is 0 Å². The summed E-state index contributed by atoms with van der Waals surface area (Å²) in [5.74, 6) is -0.0630. The summed E-state index contributed by atoms with van der Waals surface area (Å²) in [4.78, 5) is 52.1. The summed E-state index contributed by atoms with van der Waals surface area (Å²) in [5.41, 5.74) is 0.666. The minimum absolute atomic E-state index is 0.0473. The fourth-order valence-corrected chi connectivity index (χ4v) is 5.32. The monoisotopic (exact) mass is 624 g/mol. The number of hydrogen-bond donors (Lipinski definition) is 4. The molecule has 0 spiro atoms. The van der Waals surface area contributed by atoms with Crippen molar-refractivity contribution in [1.29, 1.82) is 0 Å². The molecular weight excluding hydrogens is 568 g/mol. The van der Waals surface area contributed by atoms with Crippen LogP contribution in [0.5, 0.6) is 0 Å². The summed E-state index contributed by atoms with van der Waals surface area (Å²) < 4.78 is 5.38. The molecule has 1 saturated carbocycles. The third-order valence-electron chi connectivity index (χ3n) is 7.92. The molecule has 4 amide bonds. The molecule has 1 aromatic rings. The van der Waals surface area contributed by atoms with Gasteiger partial charge in [-0.05, 0) is 82.9 Å². The van der Waals surface area contributed by atoms with Crippen LogP contribution < -0.4 is 21.3 Å². The second-order valence-corrected chi connectivity index (χ2v) is 13.5. The standard InChI is InChI=1S/C36H56N4O5/c1-8-26(4)22-31(41)37-21-15-20-29(23-27-16-11-9-12-17-27)38-34(43)32(25(2)3)40-33(42)30(24-28-18-13-10-14-19-28)39-35(44)45-36(5,6)7/h10,13-14,18-19,24,26-27,29H,8-9,11-12,15-17,20-23H2,1-7H3,(H,37,41)(H,38,43)(H,39,44)(H,40,42)/b30-24+/t26?,29-/m0/s1. The Balaban J connectivity index is 2.16. The van der Waals surface area contributed by atoms with Gasteiger partial charge in [0.2, 0.25) is 5.91 Å². The molecule has 0 heterocycles. The summed E-state index contributed by atoms with van der Waals surface area (Å²) in [6.07, 6.45) is 10.5. The highest BCUT2D eigenvalue weighted by Crippen LogP contribution is 2.28. The third-order valence-corrected chi connectivity index (χ3v) is 7.92. The van der Waals surface area contributed by atoms with Crippen molar-refractivity contribution in [3.05, 3.63) is 52.9 Å². The average Bonchev–Trinajstić information content (AvgIpc) is 2.97. The van der Waals surface area contributed by atoms with E-state index in [1.807, 2.05) is 18.2 Å². The van der Waals surface area contributed by atoms with Gasteiger partial charge in [-0.2, -0.15) is 0 Å². The molecular formula is C36H56N4O5. The van der Waals surface area contributed by atoms with Gasteiger partial charge in [-0.1, -0.05) is 82.7 Å². The maximum atomic E-state index is 13.7. The Bertz CT molecular complexity index is 1180. The van der Waals surface area contributed by atoms with Gasteiger partial charge in [-0.3, -0.25) is 19.7 Å². The first kappa shape index (κ1) is 37.6. The van der Waals surface area contributed by atoms with Gasteiger partial charge >= 0.3 is 6.09 Å². The van der Waals surface area contributed by atoms with Gasteiger partial charge in [-0.25, -0.2) is 4.79 Å². The molecule has 2 rings (SSSR count). The van der Waals surface area contributed by atoms with Crippen molar-refractivity contribution in [2.45, 2.75) is 124 Å². The smallest absolute Gasteiger partial charge is 0.412 e. The number of rotatable bonds is 15. The van der Waals surface area contributed by atoms with Gasteiger partial charge in [0.1, 0.15) is 17.0 Å². The van der Waals surface area contributed by atoms with Crippen molar-refractivity contribution in [1.82, 2.24) is 21.3 Å². The SMILES string of the molecule is CCC(C)CC(=O)NCCC[C@@H](CC1CCCCC1)NC(=O)C(NC(=O)/C(=C\c1ccccc1)NC(=O)OC(C)(C)C)=C(C)C. The predicted octanol–water partition coefficient (Wildman–Crippen LogP) is 6.75. The molecule has 0 aromatic heterocycles. The van der Waals surface area contributed by atoms with Gasteiger partial charge in [0, 0.05) is 19.0 Å². The van der Waals surface area contributed by atoms with Crippen LogP contribution in [0.4, 0.5) is 4.79 Å². The van der Waals surface area contributed by atoms with Crippen LogP contribution in [0.25, 0.3) is 6.08 Å². The molecule has 250 valence electrons. The lowest BCUT2D eigenvalue weighted by Gasteiger charge is -2.28. The number of carbonyl (C=O) groups excluding carboxylic acids is 4. The van der Waals surface area contributed by atoms with Crippen molar-refractivity contribution in [3.63, 3.8) is 0 Å². The van der Waals surface area contributed by atoms with Crippen LogP contribution in [0.2, 0.25) is 0 Å². The topological polar surface area (TPSA) is 126 Å². The zero-order valence-electron chi connectivity index (χ0n) is 28.5. The van der Waals surface area contributed by atoms with E-state index >= 15 is 0 Å². The first-order chi connectivity index (χ1) is 21.3. The molecule has 9 heteroatoms. The largest absolute Gasteiger partial charge is 0.444 e. The molecule has 4 N–H and O–H groups in total. The van der Waals surface area contributed by atoms with Crippen LogP contribution in [0.1, 0.15) is 118 Å². The fourth-order valence-electron chi connectivity index (χ4n) is 5.32. The molecule has 0 aliphatic heterocycles. The van der Waals surface area contributed by atoms with Crippen LogP contribution >= 0.6 is 0 Å². The minimum atomic E-state index is -0.771. The molecule has 0 saturated heterocycles. The fraction of sp³-hybridized carbons (Fsp3) is 0.611. The number of carbonyl (C=O) groups is 4. The lowest BCUT2D eigenvalue weighted by Crippen LogP contribution is -2.44. The number of benzene rings is 1. The van der Waals surface area contributed by atoms with Crippen molar-refractivity contribution >= 4 is 29.9 Å². The lowest BCUT2D eigenvalue weighted by atomic mass is 9.84. The van der Waals surface area contributed by atoms with Gasteiger partial charge in [0.15, 0.2) is 0 Å². The van der Waals surface area contributed by atoms with E-state index in [1.54, 1.807) is 52.8 Å². The number of alkyl carbamates (subject to hydrolysis) is 1. The normalized spacial score (nSPS) is 15.3. The van der Waals surface area contributed by atoms with E-state index in [1.165, 1.54) is 19.3 Å². The Morgan fingerprint density at radius 3 is 2.24 bits per heavy atom. The van der Waals surface area contributed by atoms with Gasteiger partial charge in [-0.15, -0.1) is 0 Å². The molecule has 0 bridgehead atoms. The second-order valence-electron chi connectivity index (χ2n) is 13.5. The van der Waals surface area contributed by atoms with Crippen LogP contribution in [-0.4, -0.2) is 42.0 Å². The molecule has 1 aliphatic rings. The summed E-state index contributed by atoms with van der Waals surface area (Å²) in [7, 11) is 0. The van der Waals surface area contributed by atoms with E-state index in [0.717, 1.165) is 38.5 Å². The molecule has 1 aliphatic carbocycles. The molecule has 2 atom stereocenters. The summed E-state index contributed by atoms with van der Waals surface area (Å²) in [6.45, 7) is 13.5. The Morgan fingerprint density at radius 1 is 0.978 bits per heavy atom. The van der Waals surface area contributed by atoms with Crippen LogP contribution in [0.15, 0.2) is 47.3 Å². The average molecular weight is 625 g/mol. The molecule has 1 fully saturated rings. The number of amides is 4. The van der Waals surface area contributed by atoms with E-state index in [0.29, 0.717) is 35.9 Å². The highest BCUT2D eigenvalue weighted by Gasteiger charge is 2.25. The first-order valence-electron chi connectivity index (χ1n) is 16.6. The van der Waals surface area contributed by atoms with Gasteiger partial charge in [0.25, 0.3) is 11.8 Å². The zero-order chi connectivity index (χ0) is 33.4. The maximum absolute atomic E-state index is 13.7. The van der Waals surface area contributed by atoms with Crippen molar-refractivity contribution in [2.24, 2.45) is 11.8 Å². The van der Waals surface area contributed by atoms with Crippen LogP contribution in [-0.2, 0) is 19.1 Å². The Labute approximate surface area is 270 Å². The minimum Gasteiger partial charge on any atom is -0.444 e. The number of nitrogens with one attached hydrogen (secondary N) is 4. The van der Waals surface area contributed by atoms with Crippen molar-refractivity contribution in [2.75, 3.05) is 6.54 Å². The van der Waals surface area contributed by atoms with Crippen molar-refractivity contribution < 1.29 is 23.9 Å². The lowest BCUT2D eigenvalue weighted by molar-refractivity contribution is -0.122. The predicted molar refractivity (Wildman–Crippen MR) is 180 cm³/mol. The number of allylic oxidation sites excluding steroid dienone is 1. The van der Waals surface area contributed by atoms with E-state index in [2.05, 4.69) is 35.1 Å². The van der Waals surface area contributed by atoms with E-state index in [9.17, 15) is 19.2 Å². The van der Waals surface area contributed by atoms with Crippen LogP contribution in [0.3, 0.4) is 0 Å². The second kappa shape index (κ2) is 19.0. The summed E-state index contributed by atoms with van der Waals surface area (Å²) in [5, 5.41) is 11.5. The quantitative estimate of drug-likeness (QED) is 0.127. The molecule has 45 heavy (non-hydrogen) atoms. The number of ether oxygens (including phenoxy) is 1. The Kier molecular flexibility index (Phi) is 15.9. The maximum Gasteiger partial charge on any atom is 0.412 e. The van der Waals surface area contributed by atoms with Gasteiger partial charge < -0.3 is 20.7 Å². The van der Waals surface area contributed by atoms with E-state index in [-0.39, 0.29) is 29.3 Å². The highest BCUT2D eigenvalue weighted by molar-refractivity contribution is 6.06. The summed E-state index contributed by atoms with van der Waals surface area (Å²) in [6, 6.07) is 9.02. The van der Waals surface area contributed by atoms with E-state index < -0.39 is 17.6 Å². The van der Waals surface area contributed by atoms with Crippen LogP contribution in [0, 0.1) is 11.8 Å². The molecule has 9 nitrogen and oxygen atoms in total. The first-order valence-corrected chi connectivity index (χ1v) is 16.6. The molecule has 1 aromatic carbocycles. The zero-order valence-corrected chi connectivity index (χ0v) is 28.5. The number of hydrogen-bond acceptors (Lipinski definition) is 5. The molecule has 1 unspecified atom stereocenters. The Morgan fingerprint density at radius 2 is 1.64 bits per heavy atom. The highest BCUT2D eigenvalue weighted by atomic mass is 16.6. The third kappa shape index (κ3) is 15.3. The van der Waals surface area contributed by atoms with E-state index in [4.69, 9.17) is 4.74 Å². The Hall–Kier alpha value is -3.62. The summed E-state index contributed by atoms with van der Waals surface area (Å²) >= 11 is 0.